The summed E-state index contributed by atoms with van der Waals surface area (Å²) >= 11 is 0. The summed E-state index contributed by atoms with van der Waals surface area (Å²) < 4.78 is 0. The van der Waals surface area contributed by atoms with Crippen molar-refractivity contribution in [2.75, 3.05) is 5.32 Å². The minimum absolute atomic E-state index is 0.00482. The molecule has 0 bridgehead atoms. The number of para-hydroxylation sites is 1. The van der Waals surface area contributed by atoms with E-state index in [1.807, 2.05) is 13.8 Å². The van der Waals surface area contributed by atoms with Crippen molar-refractivity contribution in [1.29, 1.82) is 0 Å². The molecule has 0 heterocycles. The molecule has 0 radical (unpaired) electrons. The molecule has 0 saturated carbocycles. The lowest BCUT2D eigenvalue weighted by Gasteiger charge is -2.13. The van der Waals surface area contributed by atoms with Crippen molar-refractivity contribution >= 4 is 17.7 Å². The van der Waals surface area contributed by atoms with Crippen LogP contribution in [0.1, 0.15) is 30.6 Å². The zero-order valence-electron chi connectivity index (χ0n) is 10.2. The summed E-state index contributed by atoms with van der Waals surface area (Å²) in [4.78, 5) is 22.3. The number of amides is 2. The van der Waals surface area contributed by atoms with Gasteiger partial charge < -0.3 is 20.8 Å². The van der Waals surface area contributed by atoms with Crippen LogP contribution in [0.3, 0.4) is 0 Å². The zero-order valence-corrected chi connectivity index (χ0v) is 10.2. The van der Waals surface area contributed by atoms with Crippen LogP contribution < -0.4 is 10.6 Å². The van der Waals surface area contributed by atoms with Crippen LogP contribution in [0.5, 0.6) is 5.75 Å². The lowest BCUT2D eigenvalue weighted by Crippen LogP contribution is -2.35. The highest BCUT2D eigenvalue weighted by Crippen LogP contribution is 2.27. The van der Waals surface area contributed by atoms with Crippen molar-refractivity contribution in [2.45, 2.75) is 26.3 Å². The molecule has 98 valence electrons. The van der Waals surface area contributed by atoms with Crippen molar-refractivity contribution in [1.82, 2.24) is 5.32 Å². The van der Waals surface area contributed by atoms with E-state index in [1.54, 1.807) is 0 Å². The van der Waals surface area contributed by atoms with Crippen molar-refractivity contribution in [2.24, 2.45) is 0 Å². The van der Waals surface area contributed by atoms with Crippen LogP contribution in [0.15, 0.2) is 18.2 Å². The fraction of sp³-hybridized carbons (Fsp3) is 0.333. The Bertz CT molecular complexity index is 459. The number of aromatic hydroxyl groups is 1. The van der Waals surface area contributed by atoms with Crippen molar-refractivity contribution in [3.63, 3.8) is 0 Å². The number of rotatable bonds is 4. The number of urea groups is 1. The number of carbonyl (C=O) groups excluding carboxylic acids is 1. The molecule has 6 heteroatoms. The Labute approximate surface area is 105 Å². The van der Waals surface area contributed by atoms with Gasteiger partial charge in [0.15, 0.2) is 5.75 Å². The molecule has 0 aliphatic heterocycles. The van der Waals surface area contributed by atoms with Gasteiger partial charge in [-0.1, -0.05) is 13.0 Å². The third-order valence-electron chi connectivity index (χ3n) is 2.50. The topological polar surface area (TPSA) is 98.7 Å². The van der Waals surface area contributed by atoms with Gasteiger partial charge in [0.25, 0.3) is 0 Å². The van der Waals surface area contributed by atoms with Crippen molar-refractivity contribution in [3.05, 3.63) is 23.8 Å². The van der Waals surface area contributed by atoms with E-state index < -0.39 is 17.7 Å². The molecule has 1 rings (SSSR count). The van der Waals surface area contributed by atoms with E-state index in [0.717, 1.165) is 6.42 Å². The van der Waals surface area contributed by atoms with Crippen molar-refractivity contribution in [3.8, 4) is 5.75 Å². The number of anilines is 1. The summed E-state index contributed by atoms with van der Waals surface area (Å²) in [6.07, 6.45) is 0.772. The summed E-state index contributed by atoms with van der Waals surface area (Å²) in [6, 6.07) is 3.65. The number of carboxylic acid groups (broad SMARTS) is 1. The number of nitrogens with one attached hydrogen (secondary N) is 2. The highest BCUT2D eigenvalue weighted by atomic mass is 16.4. The molecule has 0 fully saturated rings. The van der Waals surface area contributed by atoms with Crippen LogP contribution in [0.4, 0.5) is 10.5 Å². The van der Waals surface area contributed by atoms with Gasteiger partial charge in [-0.25, -0.2) is 9.59 Å². The van der Waals surface area contributed by atoms with E-state index in [1.165, 1.54) is 18.2 Å². The predicted octanol–water partition coefficient (Wildman–Crippen LogP) is 2.01. The largest absolute Gasteiger partial charge is 0.505 e. The molecule has 0 saturated heterocycles. The van der Waals surface area contributed by atoms with E-state index in [-0.39, 0.29) is 17.3 Å². The standard InChI is InChI=1S/C12H16N2O4/c1-3-7(2)13-12(18)14-9-6-4-5-8(10(9)15)11(16)17/h4-7,15H,3H2,1-2H3,(H,16,17)(H2,13,14,18). The van der Waals surface area contributed by atoms with E-state index >= 15 is 0 Å². The van der Waals surface area contributed by atoms with Gasteiger partial charge in [0.1, 0.15) is 5.56 Å². The van der Waals surface area contributed by atoms with Gasteiger partial charge in [-0.3, -0.25) is 0 Å². The molecule has 1 aromatic rings. The first kappa shape index (κ1) is 13.8. The monoisotopic (exact) mass is 252 g/mol. The van der Waals surface area contributed by atoms with Crippen molar-refractivity contribution < 1.29 is 19.8 Å². The number of phenols is 1. The van der Waals surface area contributed by atoms with E-state index in [0.29, 0.717) is 0 Å². The van der Waals surface area contributed by atoms with Crippen LogP contribution in [-0.2, 0) is 0 Å². The van der Waals surface area contributed by atoms with Crippen LogP contribution in [-0.4, -0.2) is 28.3 Å². The lowest BCUT2D eigenvalue weighted by atomic mass is 10.1. The average molecular weight is 252 g/mol. The van der Waals surface area contributed by atoms with E-state index in [2.05, 4.69) is 10.6 Å². The molecule has 1 unspecified atom stereocenters. The molecule has 0 aromatic heterocycles. The van der Waals surface area contributed by atoms with Gasteiger partial charge in [0.05, 0.1) is 5.69 Å². The average Bonchev–Trinajstić information content (AvgIpc) is 2.31. The summed E-state index contributed by atoms with van der Waals surface area (Å²) in [5, 5.41) is 23.5. The summed E-state index contributed by atoms with van der Waals surface area (Å²) in [5.41, 5.74) is -0.188. The van der Waals surface area contributed by atoms with Crippen LogP contribution in [0.2, 0.25) is 0 Å². The maximum atomic E-state index is 11.5. The fourth-order valence-corrected chi connectivity index (χ4v) is 1.30. The Morgan fingerprint density at radius 1 is 1.39 bits per heavy atom. The van der Waals surface area contributed by atoms with E-state index in [9.17, 15) is 14.7 Å². The Morgan fingerprint density at radius 2 is 2.06 bits per heavy atom. The van der Waals surface area contributed by atoms with Gasteiger partial charge in [-0.2, -0.15) is 0 Å². The third-order valence-corrected chi connectivity index (χ3v) is 2.50. The summed E-state index contributed by atoms with van der Waals surface area (Å²) in [6.45, 7) is 3.76. The fourth-order valence-electron chi connectivity index (χ4n) is 1.30. The number of carbonyl (C=O) groups is 2. The molecular weight excluding hydrogens is 236 g/mol. The molecule has 2 amide bonds. The normalized spacial score (nSPS) is 11.7. The molecule has 0 spiro atoms. The molecule has 18 heavy (non-hydrogen) atoms. The third kappa shape index (κ3) is 3.38. The maximum Gasteiger partial charge on any atom is 0.339 e. The second kappa shape index (κ2) is 5.90. The molecule has 1 atom stereocenters. The molecule has 4 N–H and O–H groups in total. The SMILES string of the molecule is CCC(C)NC(=O)Nc1cccc(C(=O)O)c1O. The Kier molecular flexibility index (Phi) is 4.53. The molecule has 0 aliphatic carbocycles. The zero-order chi connectivity index (χ0) is 13.7. The molecule has 0 aliphatic rings. The van der Waals surface area contributed by atoms with Gasteiger partial charge in [0, 0.05) is 6.04 Å². The second-order valence-electron chi connectivity index (χ2n) is 3.91. The van der Waals surface area contributed by atoms with Gasteiger partial charge >= 0.3 is 12.0 Å². The Morgan fingerprint density at radius 3 is 2.61 bits per heavy atom. The first-order chi connectivity index (χ1) is 8.45. The minimum atomic E-state index is -1.25. The quantitative estimate of drug-likeness (QED) is 0.616. The second-order valence-corrected chi connectivity index (χ2v) is 3.91. The highest BCUT2D eigenvalue weighted by molar-refractivity contribution is 5.97. The Hall–Kier alpha value is -2.24. The van der Waals surface area contributed by atoms with E-state index in [4.69, 9.17) is 5.11 Å². The first-order valence-corrected chi connectivity index (χ1v) is 5.58. The van der Waals surface area contributed by atoms with Gasteiger partial charge in [-0.05, 0) is 25.5 Å². The first-order valence-electron chi connectivity index (χ1n) is 5.58. The molecular formula is C12H16N2O4. The predicted molar refractivity (Wildman–Crippen MR) is 67.0 cm³/mol. The lowest BCUT2D eigenvalue weighted by molar-refractivity contribution is 0.0693. The highest BCUT2D eigenvalue weighted by Gasteiger charge is 2.14. The van der Waals surface area contributed by atoms with Gasteiger partial charge in [-0.15, -0.1) is 0 Å². The molecule has 6 nitrogen and oxygen atoms in total. The number of hydrogen-bond donors (Lipinski definition) is 4. The van der Waals surface area contributed by atoms with Crippen LogP contribution in [0, 0.1) is 0 Å². The van der Waals surface area contributed by atoms with Crippen LogP contribution in [0.25, 0.3) is 0 Å². The smallest absolute Gasteiger partial charge is 0.339 e. The number of carboxylic acids is 1. The maximum absolute atomic E-state index is 11.5. The summed E-state index contributed by atoms with van der Waals surface area (Å²) in [7, 11) is 0. The Balaban J connectivity index is 2.82. The number of aromatic carboxylic acids is 1. The minimum Gasteiger partial charge on any atom is -0.505 e. The van der Waals surface area contributed by atoms with Crippen LogP contribution >= 0.6 is 0 Å². The van der Waals surface area contributed by atoms with Gasteiger partial charge in [0.2, 0.25) is 0 Å². The number of hydrogen-bond acceptors (Lipinski definition) is 3. The number of benzene rings is 1. The molecule has 1 aromatic carbocycles. The summed E-state index contributed by atoms with van der Waals surface area (Å²) in [5.74, 6) is -1.71.